The standard InChI is InChI=1S/C34H32N2/c1-2-3-14-28-23-25-32(26-24-28)36(31-19-11-6-12-20-31)34-22-13-21-33(27-34)35(29-15-7-4-8-16-29)30-17-9-5-10-18-30/h4-13,15-27H,2-3,14H2,1H3. The highest BCUT2D eigenvalue weighted by molar-refractivity contribution is 5.82. The summed E-state index contributed by atoms with van der Waals surface area (Å²) in [5, 5.41) is 0. The first-order chi connectivity index (χ1) is 17.8. The fourth-order valence-electron chi connectivity index (χ4n) is 4.59. The van der Waals surface area contributed by atoms with Crippen molar-refractivity contribution in [3.8, 4) is 0 Å². The largest absolute Gasteiger partial charge is 0.310 e. The number of nitrogens with zero attached hydrogens (tertiary/aromatic N) is 2. The van der Waals surface area contributed by atoms with E-state index < -0.39 is 0 Å². The molecule has 0 radical (unpaired) electrons. The van der Waals surface area contributed by atoms with E-state index >= 15 is 0 Å². The van der Waals surface area contributed by atoms with Gasteiger partial charge in [0.15, 0.2) is 0 Å². The molecule has 5 rings (SSSR count). The van der Waals surface area contributed by atoms with Gasteiger partial charge in [-0.3, -0.25) is 0 Å². The molecule has 0 saturated heterocycles. The van der Waals surface area contributed by atoms with Gasteiger partial charge in [0.1, 0.15) is 0 Å². The number of rotatable bonds is 9. The Kier molecular flexibility index (Phi) is 7.44. The van der Waals surface area contributed by atoms with Crippen molar-refractivity contribution in [2.24, 2.45) is 0 Å². The van der Waals surface area contributed by atoms with Gasteiger partial charge in [-0.1, -0.05) is 86.1 Å². The lowest BCUT2D eigenvalue weighted by Gasteiger charge is -2.29. The average molecular weight is 469 g/mol. The minimum Gasteiger partial charge on any atom is -0.310 e. The molecule has 0 amide bonds. The Balaban J connectivity index is 1.59. The van der Waals surface area contributed by atoms with Gasteiger partial charge < -0.3 is 9.80 Å². The number of aryl methyl sites for hydroxylation is 1. The van der Waals surface area contributed by atoms with Crippen molar-refractivity contribution in [2.75, 3.05) is 9.80 Å². The maximum atomic E-state index is 2.33. The first-order valence-corrected chi connectivity index (χ1v) is 12.8. The number of anilines is 6. The van der Waals surface area contributed by atoms with Crippen LogP contribution in [-0.2, 0) is 6.42 Å². The molecule has 0 unspecified atom stereocenters. The summed E-state index contributed by atoms with van der Waals surface area (Å²) in [5.41, 5.74) is 8.19. The number of unbranched alkanes of at least 4 members (excludes halogenated alkanes) is 1. The van der Waals surface area contributed by atoms with Crippen molar-refractivity contribution >= 4 is 34.1 Å². The molecule has 0 N–H and O–H groups in total. The van der Waals surface area contributed by atoms with Crippen LogP contribution in [0.3, 0.4) is 0 Å². The Bertz CT molecular complexity index is 1310. The zero-order valence-corrected chi connectivity index (χ0v) is 20.8. The van der Waals surface area contributed by atoms with Crippen LogP contribution in [0.15, 0.2) is 140 Å². The number of benzene rings is 5. The molecular weight excluding hydrogens is 436 g/mol. The van der Waals surface area contributed by atoms with Gasteiger partial charge in [-0.15, -0.1) is 0 Å². The van der Waals surface area contributed by atoms with E-state index in [1.807, 2.05) is 0 Å². The van der Waals surface area contributed by atoms with Crippen LogP contribution < -0.4 is 9.80 Å². The predicted octanol–water partition coefficient (Wildman–Crippen LogP) is 9.97. The van der Waals surface area contributed by atoms with E-state index in [-0.39, 0.29) is 0 Å². The Morgan fingerprint density at radius 2 is 0.806 bits per heavy atom. The minimum atomic E-state index is 1.12. The molecule has 36 heavy (non-hydrogen) atoms. The van der Waals surface area contributed by atoms with Crippen molar-refractivity contribution in [3.63, 3.8) is 0 Å². The topological polar surface area (TPSA) is 6.48 Å². The van der Waals surface area contributed by atoms with Crippen LogP contribution in [0, 0.1) is 0 Å². The first kappa shape index (κ1) is 23.4. The van der Waals surface area contributed by atoms with Gasteiger partial charge >= 0.3 is 0 Å². The molecule has 5 aromatic rings. The molecule has 0 aliphatic heterocycles. The van der Waals surface area contributed by atoms with Gasteiger partial charge in [0.25, 0.3) is 0 Å². The SMILES string of the molecule is CCCCc1ccc(N(c2ccccc2)c2cccc(N(c3ccccc3)c3ccccc3)c2)cc1. The van der Waals surface area contributed by atoms with Crippen molar-refractivity contribution in [1.29, 1.82) is 0 Å². The lowest BCUT2D eigenvalue weighted by Crippen LogP contribution is -2.13. The maximum Gasteiger partial charge on any atom is 0.0482 e. The summed E-state index contributed by atoms with van der Waals surface area (Å²) in [6.45, 7) is 2.24. The van der Waals surface area contributed by atoms with Crippen LogP contribution in [0.25, 0.3) is 0 Å². The molecule has 0 aliphatic carbocycles. The summed E-state index contributed by atoms with van der Waals surface area (Å²) >= 11 is 0. The molecule has 0 spiro atoms. The zero-order valence-electron chi connectivity index (χ0n) is 20.8. The first-order valence-electron chi connectivity index (χ1n) is 12.8. The third kappa shape index (κ3) is 5.34. The Labute approximate surface area is 215 Å². The summed E-state index contributed by atoms with van der Waals surface area (Å²) < 4.78 is 0. The second-order valence-electron chi connectivity index (χ2n) is 8.97. The predicted molar refractivity (Wildman–Crippen MR) is 154 cm³/mol. The summed E-state index contributed by atoms with van der Waals surface area (Å²) in [6, 6.07) is 49.5. The lowest BCUT2D eigenvalue weighted by atomic mass is 10.1. The second kappa shape index (κ2) is 11.4. The van der Waals surface area contributed by atoms with Crippen LogP contribution in [0.2, 0.25) is 0 Å². The van der Waals surface area contributed by atoms with Crippen LogP contribution in [0.5, 0.6) is 0 Å². The molecule has 0 aromatic heterocycles. The van der Waals surface area contributed by atoms with Crippen LogP contribution in [0.1, 0.15) is 25.3 Å². The quantitative estimate of drug-likeness (QED) is 0.212. The summed E-state index contributed by atoms with van der Waals surface area (Å²) in [7, 11) is 0. The third-order valence-electron chi connectivity index (χ3n) is 6.40. The van der Waals surface area contributed by atoms with Gasteiger partial charge in [0.05, 0.1) is 0 Å². The summed E-state index contributed by atoms with van der Waals surface area (Å²) in [6.07, 6.45) is 3.56. The van der Waals surface area contributed by atoms with E-state index in [0.717, 1.165) is 40.5 Å². The van der Waals surface area contributed by atoms with Gasteiger partial charge in [-0.05, 0) is 85.1 Å². The molecule has 178 valence electrons. The highest BCUT2D eigenvalue weighted by Gasteiger charge is 2.16. The Morgan fingerprint density at radius 3 is 1.22 bits per heavy atom. The zero-order chi connectivity index (χ0) is 24.6. The monoisotopic (exact) mass is 468 g/mol. The molecule has 0 atom stereocenters. The normalized spacial score (nSPS) is 10.7. The molecule has 5 aromatic carbocycles. The fourth-order valence-corrected chi connectivity index (χ4v) is 4.59. The van der Waals surface area contributed by atoms with Crippen LogP contribution in [-0.4, -0.2) is 0 Å². The molecule has 0 fully saturated rings. The van der Waals surface area contributed by atoms with Crippen LogP contribution >= 0.6 is 0 Å². The Hall–Kier alpha value is -4.30. The average Bonchev–Trinajstić information content (AvgIpc) is 2.95. The van der Waals surface area contributed by atoms with Crippen molar-refractivity contribution < 1.29 is 0 Å². The maximum absolute atomic E-state index is 2.33. The van der Waals surface area contributed by atoms with Crippen LogP contribution in [0.4, 0.5) is 34.1 Å². The second-order valence-corrected chi connectivity index (χ2v) is 8.97. The third-order valence-corrected chi connectivity index (χ3v) is 6.40. The van der Waals surface area contributed by atoms with Crippen molar-refractivity contribution in [1.82, 2.24) is 0 Å². The van der Waals surface area contributed by atoms with Gasteiger partial charge in [-0.2, -0.15) is 0 Å². The molecular formula is C34H32N2. The molecule has 0 saturated carbocycles. The molecule has 2 nitrogen and oxygen atoms in total. The molecule has 0 aliphatic rings. The van der Waals surface area contributed by atoms with Crippen molar-refractivity contribution in [3.05, 3.63) is 145 Å². The number of hydrogen-bond acceptors (Lipinski definition) is 2. The highest BCUT2D eigenvalue weighted by Crippen LogP contribution is 2.40. The fraction of sp³-hybridized carbons (Fsp3) is 0.118. The van der Waals surface area contributed by atoms with Crippen molar-refractivity contribution in [2.45, 2.75) is 26.2 Å². The molecule has 0 bridgehead atoms. The van der Waals surface area contributed by atoms with E-state index in [4.69, 9.17) is 0 Å². The molecule has 2 heteroatoms. The summed E-state index contributed by atoms with van der Waals surface area (Å²) in [5.74, 6) is 0. The van der Waals surface area contributed by atoms with E-state index in [0.29, 0.717) is 0 Å². The van der Waals surface area contributed by atoms with Gasteiger partial charge in [0.2, 0.25) is 0 Å². The van der Waals surface area contributed by atoms with Gasteiger partial charge in [-0.25, -0.2) is 0 Å². The number of para-hydroxylation sites is 3. The lowest BCUT2D eigenvalue weighted by molar-refractivity contribution is 0.795. The van der Waals surface area contributed by atoms with E-state index in [2.05, 4.69) is 156 Å². The van der Waals surface area contributed by atoms with E-state index in [9.17, 15) is 0 Å². The van der Waals surface area contributed by atoms with Gasteiger partial charge in [0, 0.05) is 34.1 Å². The summed E-state index contributed by atoms with van der Waals surface area (Å²) in [4.78, 5) is 4.64. The number of hydrogen-bond donors (Lipinski definition) is 0. The minimum absolute atomic E-state index is 1.12. The Morgan fingerprint density at radius 1 is 0.417 bits per heavy atom. The highest BCUT2D eigenvalue weighted by atomic mass is 15.2. The smallest absolute Gasteiger partial charge is 0.0482 e. The van der Waals surface area contributed by atoms with E-state index in [1.165, 1.54) is 18.4 Å². The van der Waals surface area contributed by atoms with E-state index in [1.54, 1.807) is 0 Å². The molecule has 0 heterocycles.